The second kappa shape index (κ2) is 2.92. The Labute approximate surface area is 55.6 Å². The molecule has 0 saturated carbocycles. The van der Waals surface area contributed by atoms with E-state index >= 15 is 0 Å². The minimum Gasteiger partial charge on any atom is -0.810 e. The van der Waals surface area contributed by atoms with Crippen molar-refractivity contribution in [2.45, 2.75) is 0 Å². The van der Waals surface area contributed by atoms with Crippen LogP contribution >= 0.6 is 7.60 Å². The Bertz CT molecular complexity index is 201. The molecule has 0 rings (SSSR count). The fourth-order valence-corrected chi connectivity index (χ4v) is 0.721. The Morgan fingerprint density at radius 1 is 1.30 bits per heavy atom. The van der Waals surface area contributed by atoms with Gasteiger partial charge in [0.2, 0.25) is 0 Å². The molecule has 0 fully saturated rings. The maximum absolute atomic E-state index is 9.92. The zero-order valence-electron chi connectivity index (χ0n) is 4.60. The van der Waals surface area contributed by atoms with E-state index in [1.54, 1.807) is 0 Å². The molecule has 0 aliphatic carbocycles. The maximum Gasteiger partial charge on any atom is 0.183 e. The molecule has 0 atom stereocenters. The summed E-state index contributed by atoms with van der Waals surface area (Å²) >= 11 is 0. The standard InChI is InChI=1S/C3H5O6P/c4-2(3(5)6)1-10(7,8)9/h1H2,(H,5,6)(H2,7,8,9)/p-3. The Hall–Kier alpha value is -0.710. The molecule has 0 heterocycles. The molecule has 0 aliphatic heterocycles. The van der Waals surface area contributed by atoms with E-state index in [4.69, 9.17) is 0 Å². The van der Waals surface area contributed by atoms with Crippen molar-refractivity contribution in [2.24, 2.45) is 0 Å². The summed E-state index contributed by atoms with van der Waals surface area (Å²) in [4.78, 5) is 38.9. The third-order valence-electron chi connectivity index (χ3n) is 0.565. The highest BCUT2D eigenvalue weighted by atomic mass is 31.2. The van der Waals surface area contributed by atoms with Crippen LogP contribution in [-0.4, -0.2) is 17.9 Å². The van der Waals surface area contributed by atoms with Crippen LogP contribution in [0.2, 0.25) is 0 Å². The number of rotatable bonds is 3. The molecule has 0 spiro atoms. The molecule has 7 heteroatoms. The van der Waals surface area contributed by atoms with Gasteiger partial charge in [-0.25, -0.2) is 0 Å². The van der Waals surface area contributed by atoms with Gasteiger partial charge in [0.05, 0.1) is 0 Å². The number of Topliss-reactive ketones (excluding diaryl/α,β-unsaturated/α-hetero) is 1. The van der Waals surface area contributed by atoms with Crippen molar-refractivity contribution in [1.29, 1.82) is 0 Å². The molecular weight excluding hydrogens is 163 g/mol. The van der Waals surface area contributed by atoms with Crippen molar-refractivity contribution in [3.63, 3.8) is 0 Å². The van der Waals surface area contributed by atoms with Gasteiger partial charge in [0, 0.05) is 6.16 Å². The number of carboxylic acids is 1. The molecule has 0 aromatic heterocycles. The molecule has 0 bridgehead atoms. The van der Waals surface area contributed by atoms with Crippen molar-refractivity contribution in [3.8, 4) is 0 Å². The fraction of sp³-hybridized carbons (Fsp3) is 0.333. The van der Waals surface area contributed by atoms with Gasteiger partial charge in [0.1, 0.15) is 5.97 Å². The van der Waals surface area contributed by atoms with Crippen molar-refractivity contribution < 1.29 is 29.0 Å². The van der Waals surface area contributed by atoms with Crippen molar-refractivity contribution in [3.05, 3.63) is 0 Å². The Balaban J connectivity index is 4.07. The van der Waals surface area contributed by atoms with Crippen molar-refractivity contribution in [2.75, 3.05) is 6.16 Å². The predicted molar refractivity (Wildman–Crippen MR) is 22.5 cm³/mol. The molecule has 0 aromatic rings. The van der Waals surface area contributed by atoms with Gasteiger partial charge in [-0.2, -0.15) is 0 Å². The average molecular weight is 165 g/mol. The van der Waals surface area contributed by atoms with Crippen LogP contribution in [0, 0.1) is 0 Å². The van der Waals surface area contributed by atoms with Crippen LogP contribution in [-0.2, 0) is 14.2 Å². The molecule has 10 heavy (non-hydrogen) atoms. The summed E-state index contributed by atoms with van der Waals surface area (Å²) in [5, 5.41) is 9.52. The summed E-state index contributed by atoms with van der Waals surface area (Å²) in [6.07, 6.45) is -1.52. The Morgan fingerprint density at radius 3 is 1.80 bits per heavy atom. The lowest BCUT2D eigenvalue weighted by Crippen LogP contribution is -2.36. The van der Waals surface area contributed by atoms with Gasteiger partial charge in [-0.05, 0) is 0 Å². The van der Waals surface area contributed by atoms with Crippen LogP contribution in [0.3, 0.4) is 0 Å². The van der Waals surface area contributed by atoms with E-state index < -0.39 is 25.5 Å². The molecular formula is C3H2O6P-3. The van der Waals surface area contributed by atoms with Gasteiger partial charge in [-0.1, -0.05) is 7.60 Å². The van der Waals surface area contributed by atoms with Crippen molar-refractivity contribution in [1.82, 2.24) is 0 Å². The Kier molecular flexibility index (Phi) is 2.71. The van der Waals surface area contributed by atoms with E-state index in [1.807, 2.05) is 0 Å². The summed E-state index contributed by atoms with van der Waals surface area (Å²) < 4.78 is 9.71. The highest BCUT2D eigenvalue weighted by Crippen LogP contribution is 2.21. The molecule has 0 saturated heterocycles. The minimum absolute atomic E-state index is 1.52. The summed E-state index contributed by atoms with van der Waals surface area (Å²) in [7, 11) is -5.05. The molecule has 0 radical (unpaired) electrons. The quantitative estimate of drug-likeness (QED) is 0.312. The zero-order valence-corrected chi connectivity index (χ0v) is 5.50. The number of carbonyl (C=O) groups is 2. The van der Waals surface area contributed by atoms with Crippen LogP contribution in [0.25, 0.3) is 0 Å². The van der Waals surface area contributed by atoms with E-state index in [0.29, 0.717) is 0 Å². The molecule has 6 nitrogen and oxygen atoms in total. The van der Waals surface area contributed by atoms with Gasteiger partial charge in [-0.15, -0.1) is 0 Å². The largest absolute Gasteiger partial charge is 0.810 e. The summed E-state index contributed by atoms with van der Waals surface area (Å²) in [5.74, 6) is -3.87. The van der Waals surface area contributed by atoms with Gasteiger partial charge >= 0.3 is 0 Å². The summed E-state index contributed by atoms with van der Waals surface area (Å²) in [5.41, 5.74) is 0. The first-order chi connectivity index (χ1) is 4.33. The maximum atomic E-state index is 9.92. The van der Waals surface area contributed by atoms with E-state index in [-0.39, 0.29) is 0 Å². The number of ketones is 1. The highest BCUT2D eigenvalue weighted by molar-refractivity contribution is 7.50. The number of carboxylic acid groups (broad SMARTS) is 1. The first-order valence-electron chi connectivity index (χ1n) is 2.08. The lowest BCUT2D eigenvalue weighted by Gasteiger charge is -2.28. The van der Waals surface area contributed by atoms with Gasteiger partial charge in [0.15, 0.2) is 5.78 Å². The number of carbonyl (C=O) groups excluding carboxylic acids is 2. The third kappa shape index (κ3) is 4.20. The Morgan fingerprint density at radius 2 is 1.70 bits per heavy atom. The fourth-order valence-electron chi connectivity index (χ4n) is 0.240. The van der Waals surface area contributed by atoms with Crippen LogP contribution in [0.5, 0.6) is 0 Å². The van der Waals surface area contributed by atoms with Gasteiger partial charge in [-0.3, -0.25) is 4.79 Å². The topological polar surface area (TPSA) is 120 Å². The number of hydrogen-bond donors (Lipinski definition) is 0. The van der Waals surface area contributed by atoms with E-state index in [9.17, 15) is 29.0 Å². The van der Waals surface area contributed by atoms with Gasteiger partial charge in [0.25, 0.3) is 0 Å². The molecule has 0 amide bonds. The molecule has 58 valence electrons. The molecule has 0 aliphatic rings. The van der Waals surface area contributed by atoms with E-state index in [1.165, 1.54) is 0 Å². The average Bonchev–Trinajstić information content (AvgIpc) is 1.60. The SMILES string of the molecule is O=C([O-])C(=O)CP(=O)([O-])[O-]. The smallest absolute Gasteiger partial charge is 0.183 e. The predicted octanol–water partition coefficient (Wildman–Crippen LogP) is -3.78. The zero-order chi connectivity index (χ0) is 8.36. The highest BCUT2D eigenvalue weighted by Gasteiger charge is 2.03. The first-order valence-corrected chi connectivity index (χ1v) is 3.81. The normalized spacial score (nSPS) is 11.0. The third-order valence-corrected chi connectivity index (χ3v) is 1.24. The van der Waals surface area contributed by atoms with Crippen LogP contribution in [0.4, 0.5) is 0 Å². The van der Waals surface area contributed by atoms with Gasteiger partial charge < -0.3 is 24.3 Å². The van der Waals surface area contributed by atoms with E-state index in [2.05, 4.69) is 0 Å². The number of aliphatic carboxylic acids is 1. The lowest BCUT2D eigenvalue weighted by atomic mass is 10.5. The minimum atomic E-state index is -5.05. The van der Waals surface area contributed by atoms with Crippen LogP contribution in [0.15, 0.2) is 0 Å². The number of hydrogen-bond acceptors (Lipinski definition) is 6. The molecule has 0 aromatic carbocycles. The molecule has 0 unspecified atom stereocenters. The van der Waals surface area contributed by atoms with E-state index in [0.717, 1.165) is 0 Å². The first kappa shape index (κ1) is 9.29. The van der Waals surface area contributed by atoms with Crippen LogP contribution < -0.4 is 14.9 Å². The molecule has 0 N–H and O–H groups in total. The van der Waals surface area contributed by atoms with Crippen LogP contribution in [0.1, 0.15) is 0 Å². The second-order valence-corrected chi connectivity index (χ2v) is 3.02. The van der Waals surface area contributed by atoms with Crippen molar-refractivity contribution >= 4 is 19.3 Å². The summed E-state index contributed by atoms with van der Waals surface area (Å²) in [6, 6.07) is 0. The second-order valence-electron chi connectivity index (χ2n) is 1.48. The summed E-state index contributed by atoms with van der Waals surface area (Å²) in [6.45, 7) is 0. The monoisotopic (exact) mass is 165 g/mol. The lowest BCUT2D eigenvalue weighted by molar-refractivity contribution is -0.315.